The molecule has 2 heterocycles. The van der Waals surface area contributed by atoms with Crippen LogP contribution in [0.2, 0.25) is 5.02 Å². The fraction of sp³-hybridized carbons (Fsp3) is 0.174. The second-order valence-corrected chi connectivity index (χ2v) is 7.97. The summed E-state index contributed by atoms with van der Waals surface area (Å²) >= 11 is 6.04. The highest BCUT2D eigenvalue weighted by Crippen LogP contribution is 2.14. The van der Waals surface area contributed by atoms with E-state index in [-0.39, 0.29) is 17.8 Å². The first-order chi connectivity index (χ1) is 15.9. The Morgan fingerprint density at radius 2 is 1.97 bits per heavy atom. The van der Waals surface area contributed by atoms with E-state index in [4.69, 9.17) is 11.6 Å². The van der Waals surface area contributed by atoms with Crippen molar-refractivity contribution in [2.45, 2.75) is 6.54 Å². The number of carbonyl (C=O) groups excluding carboxylic acids is 1. The van der Waals surface area contributed by atoms with E-state index in [1.807, 2.05) is 12.3 Å². The number of hydrazine groups is 2. The smallest absolute Gasteiger partial charge is 0.331 e. The van der Waals surface area contributed by atoms with Gasteiger partial charge in [-0.25, -0.2) is 15.3 Å². The summed E-state index contributed by atoms with van der Waals surface area (Å²) in [5.41, 5.74) is 7.38. The van der Waals surface area contributed by atoms with Gasteiger partial charge in [0.1, 0.15) is 0 Å². The Balaban J connectivity index is 1.64. The molecule has 9 nitrogen and oxygen atoms in total. The zero-order valence-electron chi connectivity index (χ0n) is 18.1. The van der Waals surface area contributed by atoms with Gasteiger partial charge in [-0.2, -0.15) is 0 Å². The van der Waals surface area contributed by atoms with Gasteiger partial charge >= 0.3 is 5.69 Å². The van der Waals surface area contributed by atoms with Gasteiger partial charge in [-0.15, -0.1) is 0 Å². The molecule has 3 N–H and O–H groups in total. The number of hydrogen-bond acceptors (Lipinski definition) is 6. The number of rotatable bonds is 6. The van der Waals surface area contributed by atoms with Crippen LogP contribution in [0.5, 0.6) is 0 Å². The number of aromatic nitrogens is 2. The van der Waals surface area contributed by atoms with Crippen molar-refractivity contribution in [3.05, 3.63) is 104 Å². The third-order valence-corrected chi connectivity index (χ3v) is 5.58. The van der Waals surface area contributed by atoms with Crippen LogP contribution in [0.1, 0.15) is 15.9 Å². The van der Waals surface area contributed by atoms with E-state index in [2.05, 4.69) is 16.2 Å². The lowest BCUT2D eigenvalue weighted by atomic mass is 10.1. The Morgan fingerprint density at radius 3 is 2.73 bits per heavy atom. The predicted molar refractivity (Wildman–Crippen MR) is 128 cm³/mol. The van der Waals surface area contributed by atoms with Gasteiger partial charge in [-0.05, 0) is 47.5 Å². The minimum Gasteiger partial charge on any atom is -0.348 e. The van der Waals surface area contributed by atoms with Gasteiger partial charge in [0.05, 0.1) is 17.4 Å². The summed E-state index contributed by atoms with van der Waals surface area (Å²) in [7, 11) is 3.36. The van der Waals surface area contributed by atoms with Crippen LogP contribution < -0.4 is 27.4 Å². The molecule has 0 radical (unpaired) electrons. The third kappa shape index (κ3) is 4.69. The van der Waals surface area contributed by atoms with Gasteiger partial charge in [0.2, 0.25) is 0 Å². The van der Waals surface area contributed by atoms with Crippen LogP contribution in [-0.4, -0.2) is 33.8 Å². The van der Waals surface area contributed by atoms with E-state index in [0.29, 0.717) is 22.6 Å². The maximum Gasteiger partial charge on any atom is 0.331 e. The highest BCUT2D eigenvalue weighted by atomic mass is 35.5. The summed E-state index contributed by atoms with van der Waals surface area (Å²) < 4.78 is 2.55. The standard InChI is InChI=1S/C23H23ClN6O3/c1-25-30-14-16(8-9-27-30)12-26-21(31)17-6-7-20-19(11-17)22(32)29(23(33)28(20)2)13-15-4-3-5-18(24)10-15/h3-11,14,25,27H,12-13H2,1-2H3,(H,26,31). The largest absolute Gasteiger partial charge is 0.348 e. The second-order valence-electron chi connectivity index (χ2n) is 7.54. The molecule has 33 heavy (non-hydrogen) atoms. The monoisotopic (exact) mass is 466 g/mol. The summed E-state index contributed by atoms with van der Waals surface area (Å²) in [5.74, 6) is -0.324. The molecule has 1 aliphatic heterocycles. The maximum atomic E-state index is 13.2. The van der Waals surface area contributed by atoms with Crippen LogP contribution in [0.4, 0.5) is 0 Å². The molecule has 1 aliphatic rings. The fourth-order valence-electron chi connectivity index (χ4n) is 3.60. The second kappa shape index (κ2) is 9.35. The summed E-state index contributed by atoms with van der Waals surface area (Å²) in [5, 5.41) is 5.31. The Morgan fingerprint density at radius 1 is 1.15 bits per heavy atom. The highest BCUT2D eigenvalue weighted by molar-refractivity contribution is 6.30. The summed E-state index contributed by atoms with van der Waals surface area (Å²) in [6, 6.07) is 11.7. The third-order valence-electron chi connectivity index (χ3n) is 5.34. The van der Waals surface area contributed by atoms with Crippen molar-refractivity contribution in [2.24, 2.45) is 7.05 Å². The first-order valence-electron chi connectivity index (χ1n) is 10.2. The molecule has 0 unspecified atom stereocenters. The van der Waals surface area contributed by atoms with Crippen molar-refractivity contribution < 1.29 is 4.79 Å². The molecular weight excluding hydrogens is 444 g/mol. The van der Waals surface area contributed by atoms with Crippen molar-refractivity contribution in [3.63, 3.8) is 0 Å². The average molecular weight is 467 g/mol. The van der Waals surface area contributed by atoms with Crippen molar-refractivity contribution in [1.82, 2.24) is 30.4 Å². The van der Waals surface area contributed by atoms with Gasteiger partial charge in [0.15, 0.2) is 0 Å². The molecule has 0 saturated carbocycles. The predicted octanol–water partition coefficient (Wildman–Crippen LogP) is 1.48. The number of amides is 1. The van der Waals surface area contributed by atoms with Crippen molar-refractivity contribution in [3.8, 4) is 0 Å². The Bertz CT molecular complexity index is 1410. The average Bonchev–Trinajstić information content (AvgIpc) is 2.83. The normalized spacial score (nSPS) is 13.1. The number of halogens is 1. The quantitative estimate of drug-likeness (QED) is 0.509. The number of carbonyl (C=O) groups is 1. The number of fused-ring (bicyclic) bond motifs is 1. The maximum absolute atomic E-state index is 13.2. The molecule has 0 atom stereocenters. The van der Waals surface area contributed by atoms with Gasteiger partial charge in [-0.3, -0.25) is 24.1 Å². The Kier molecular flexibility index (Phi) is 6.34. The van der Waals surface area contributed by atoms with E-state index >= 15 is 0 Å². The number of nitrogens with one attached hydrogen (secondary N) is 3. The zero-order valence-corrected chi connectivity index (χ0v) is 18.9. The van der Waals surface area contributed by atoms with Crippen molar-refractivity contribution in [2.75, 3.05) is 13.6 Å². The van der Waals surface area contributed by atoms with E-state index in [9.17, 15) is 14.4 Å². The molecule has 0 fully saturated rings. The van der Waals surface area contributed by atoms with Gasteiger partial charge in [0, 0.05) is 43.6 Å². The minimum atomic E-state index is -0.462. The molecule has 0 aliphatic carbocycles. The van der Waals surface area contributed by atoms with E-state index in [0.717, 1.165) is 15.7 Å². The van der Waals surface area contributed by atoms with Gasteiger partial charge < -0.3 is 5.32 Å². The molecule has 4 rings (SSSR count). The Hall–Kier alpha value is -3.82. The van der Waals surface area contributed by atoms with Crippen LogP contribution in [0.3, 0.4) is 0 Å². The lowest BCUT2D eigenvalue weighted by molar-refractivity contribution is 0.0957. The molecule has 1 aromatic heterocycles. The molecule has 0 spiro atoms. The van der Waals surface area contributed by atoms with E-state index in [1.165, 1.54) is 10.6 Å². The lowest BCUT2D eigenvalue weighted by Crippen LogP contribution is -2.41. The van der Waals surface area contributed by atoms with Crippen LogP contribution in [-0.2, 0) is 13.6 Å². The molecule has 2 aromatic carbocycles. The van der Waals surface area contributed by atoms with Crippen LogP contribution in [0.15, 0.2) is 76.1 Å². The summed E-state index contributed by atoms with van der Waals surface area (Å²) in [6.07, 6.45) is 5.40. The topological polar surface area (TPSA) is 100 Å². The fourth-order valence-corrected chi connectivity index (χ4v) is 3.82. The zero-order chi connectivity index (χ0) is 23.5. The number of nitrogens with zero attached hydrogens (tertiary/aromatic N) is 3. The van der Waals surface area contributed by atoms with Crippen molar-refractivity contribution >= 4 is 28.4 Å². The molecular formula is C23H23ClN6O3. The van der Waals surface area contributed by atoms with Gasteiger partial charge in [0.25, 0.3) is 11.5 Å². The van der Waals surface area contributed by atoms with Gasteiger partial charge in [-0.1, -0.05) is 23.7 Å². The first-order valence-corrected chi connectivity index (χ1v) is 10.6. The van der Waals surface area contributed by atoms with Crippen LogP contribution in [0.25, 0.3) is 10.9 Å². The molecule has 1 amide bonds. The SMILES string of the molecule is CNN1C=C(CNC(=O)c2ccc3c(c2)c(=O)n(Cc2cccc(Cl)c2)c(=O)n3C)C=CN1. The first kappa shape index (κ1) is 22.4. The molecule has 10 heteroatoms. The molecule has 0 saturated heterocycles. The van der Waals surface area contributed by atoms with E-state index < -0.39 is 11.2 Å². The highest BCUT2D eigenvalue weighted by Gasteiger charge is 2.15. The number of hydrogen-bond donors (Lipinski definition) is 3. The molecule has 0 bridgehead atoms. The lowest BCUT2D eigenvalue weighted by Gasteiger charge is -2.23. The molecule has 170 valence electrons. The minimum absolute atomic E-state index is 0.0783. The number of benzene rings is 2. The van der Waals surface area contributed by atoms with Crippen molar-refractivity contribution in [1.29, 1.82) is 0 Å². The Labute approximate surface area is 194 Å². The summed E-state index contributed by atoms with van der Waals surface area (Å²) in [6.45, 7) is 0.383. The number of aryl methyl sites for hydroxylation is 1. The molecule has 3 aromatic rings. The van der Waals surface area contributed by atoms with Crippen LogP contribution >= 0.6 is 11.6 Å². The summed E-state index contributed by atoms with van der Waals surface area (Å²) in [4.78, 5) is 38.8. The van der Waals surface area contributed by atoms with Crippen LogP contribution in [0, 0.1) is 0 Å². The van der Waals surface area contributed by atoms with E-state index in [1.54, 1.807) is 61.8 Å².